The third-order valence-corrected chi connectivity index (χ3v) is 4.92. The Balaban J connectivity index is 0.00000225. The SMILES string of the molecule is Cl.Cn1nc(CC(=O)NC2CCCCC2CN)c2ccccc2c1=O. The Morgan fingerprint density at radius 3 is 2.68 bits per heavy atom. The van der Waals surface area contributed by atoms with Crippen molar-refractivity contribution in [2.45, 2.75) is 38.1 Å². The highest BCUT2D eigenvalue weighted by Crippen LogP contribution is 2.23. The zero-order valence-corrected chi connectivity index (χ0v) is 15.2. The molecule has 7 heteroatoms. The molecule has 3 rings (SSSR count). The minimum atomic E-state index is -0.148. The quantitative estimate of drug-likeness (QED) is 0.860. The summed E-state index contributed by atoms with van der Waals surface area (Å²) in [6, 6.07) is 7.44. The lowest BCUT2D eigenvalue weighted by Gasteiger charge is -2.31. The minimum Gasteiger partial charge on any atom is -0.353 e. The molecule has 3 N–H and O–H groups in total. The molecule has 1 heterocycles. The predicted molar refractivity (Wildman–Crippen MR) is 101 cm³/mol. The molecule has 2 atom stereocenters. The molecule has 0 radical (unpaired) electrons. The van der Waals surface area contributed by atoms with Gasteiger partial charge in [0.15, 0.2) is 0 Å². The molecular weight excluding hydrogens is 340 g/mol. The summed E-state index contributed by atoms with van der Waals surface area (Å²) in [7, 11) is 1.61. The second kappa shape index (κ2) is 8.45. The average Bonchev–Trinajstić information content (AvgIpc) is 2.60. The largest absolute Gasteiger partial charge is 0.353 e. The number of nitrogens with two attached hydrogens (primary N) is 1. The number of fused-ring (bicyclic) bond motifs is 1. The summed E-state index contributed by atoms with van der Waals surface area (Å²) in [5.41, 5.74) is 6.31. The summed E-state index contributed by atoms with van der Waals surface area (Å²) in [6.07, 6.45) is 4.53. The summed E-state index contributed by atoms with van der Waals surface area (Å²) in [6.45, 7) is 0.603. The molecule has 1 aromatic carbocycles. The van der Waals surface area contributed by atoms with Gasteiger partial charge in [0.05, 0.1) is 17.5 Å². The van der Waals surface area contributed by atoms with Crippen LogP contribution in [0.5, 0.6) is 0 Å². The number of nitrogens with zero attached hydrogens (tertiary/aromatic N) is 2. The van der Waals surface area contributed by atoms with Crippen LogP contribution in [0.1, 0.15) is 31.4 Å². The highest BCUT2D eigenvalue weighted by Gasteiger charge is 2.25. The number of carbonyl (C=O) groups excluding carboxylic acids is 1. The van der Waals surface area contributed by atoms with Crippen molar-refractivity contribution in [2.24, 2.45) is 18.7 Å². The van der Waals surface area contributed by atoms with Crippen LogP contribution in [0.3, 0.4) is 0 Å². The third kappa shape index (κ3) is 4.19. The first-order valence-electron chi connectivity index (χ1n) is 8.54. The van der Waals surface area contributed by atoms with Gasteiger partial charge in [0.1, 0.15) is 0 Å². The van der Waals surface area contributed by atoms with Gasteiger partial charge in [0.25, 0.3) is 5.56 Å². The molecule has 2 aromatic rings. The first kappa shape index (κ1) is 19.4. The van der Waals surface area contributed by atoms with E-state index in [1.165, 1.54) is 11.1 Å². The lowest BCUT2D eigenvalue weighted by molar-refractivity contribution is -0.121. The van der Waals surface area contributed by atoms with Crippen LogP contribution in [0.4, 0.5) is 0 Å². The number of carbonyl (C=O) groups is 1. The summed E-state index contributed by atoms with van der Waals surface area (Å²) in [4.78, 5) is 24.7. The predicted octanol–water partition coefficient (Wildman–Crippen LogP) is 1.53. The Morgan fingerprint density at radius 1 is 1.28 bits per heavy atom. The zero-order chi connectivity index (χ0) is 17.1. The second-order valence-electron chi connectivity index (χ2n) is 6.55. The van der Waals surface area contributed by atoms with E-state index in [2.05, 4.69) is 10.4 Å². The molecule has 0 spiro atoms. The molecule has 0 bridgehead atoms. The highest BCUT2D eigenvalue weighted by molar-refractivity contribution is 5.88. The fourth-order valence-electron chi connectivity index (χ4n) is 3.60. The van der Waals surface area contributed by atoms with Crippen LogP contribution >= 0.6 is 12.4 Å². The Kier molecular flexibility index (Phi) is 6.56. The van der Waals surface area contributed by atoms with Crippen LogP contribution in [-0.2, 0) is 18.3 Å². The molecule has 0 saturated heterocycles. The van der Waals surface area contributed by atoms with Gasteiger partial charge in [0.2, 0.25) is 5.91 Å². The van der Waals surface area contributed by atoms with E-state index in [0.717, 1.165) is 24.6 Å². The van der Waals surface area contributed by atoms with E-state index in [9.17, 15) is 9.59 Å². The van der Waals surface area contributed by atoms with Crippen molar-refractivity contribution in [3.63, 3.8) is 0 Å². The van der Waals surface area contributed by atoms with Crippen LogP contribution in [0.2, 0.25) is 0 Å². The van der Waals surface area contributed by atoms with Gasteiger partial charge in [-0.25, -0.2) is 4.68 Å². The van der Waals surface area contributed by atoms with Crippen LogP contribution in [0.15, 0.2) is 29.1 Å². The van der Waals surface area contributed by atoms with E-state index in [1.54, 1.807) is 13.1 Å². The van der Waals surface area contributed by atoms with Crippen molar-refractivity contribution in [3.05, 3.63) is 40.3 Å². The molecule has 2 unspecified atom stereocenters. The number of aromatic nitrogens is 2. The van der Waals surface area contributed by atoms with Crippen LogP contribution < -0.4 is 16.6 Å². The maximum atomic E-state index is 12.5. The molecule has 1 aromatic heterocycles. The second-order valence-corrected chi connectivity index (χ2v) is 6.55. The number of amides is 1. The van der Waals surface area contributed by atoms with E-state index in [1.807, 2.05) is 18.2 Å². The Bertz CT molecular complexity index is 805. The zero-order valence-electron chi connectivity index (χ0n) is 14.4. The third-order valence-electron chi connectivity index (χ3n) is 4.92. The monoisotopic (exact) mass is 364 g/mol. The number of hydrogen-bond donors (Lipinski definition) is 2. The number of aryl methyl sites for hydroxylation is 1. The maximum absolute atomic E-state index is 12.5. The van der Waals surface area contributed by atoms with Gasteiger partial charge in [-0.05, 0) is 31.4 Å². The van der Waals surface area contributed by atoms with Gasteiger partial charge < -0.3 is 11.1 Å². The highest BCUT2D eigenvalue weighted by atomic mass is 35.5. The van der Waals surface area contributed by atoms with Gasteiger partial charge in [-0.1, -0.05) is 31.0 Å². The summed E-state index contributed by atoms with van der Waals surface area (Å²) >= 11 is 0. The van der Waals surface area contributed by atoms with Crippen molar-refractivity contribution in [3.8, 4) is 0 Å². The number of halogens is 1. The number of rotatable bonds is 4. The standard InChI is InChI=1S/C18H24N4O2.ClH/c1-22-18(24)14-8-4-3-7-13(14)16(21-22)10-17(23)20-15-9-5-2-6-12(15)11-19;/h3-4,7-8,12,15H,2,5-6,9-11,19H2,1H3,(H,20,23);1H. The molecule has 136 valence electrons. The van der Waals surface area contributed by atoms with Crippen LogP contribution in [-0.4, -0.2) is 28.3 Å². The van der Waals surface area contributed by atoms with Crippen LogP contribution in [0.25, 0.3) is 10.8 Å². The Labute approximate surface area is 153 Å². The molecule has 25 heavy (non-hydrogen) atoms. The fraction of sp³-hybridized carbons (Fsp3) is 0.500. The Hall–Kier alpha value is -1.92. The molecule has 1 saturated carbocycles. The van der Waals surface area contributed by atoms with Crippen molar-refractivity contribution in [2.75, 3.05) is 6.54 Å². The van der Waals surface area contributed by atoms with Gasteiger partial charge >= 0.3 is 0 Å². The first-order chi connectivity index (χ1) is 11.6. The topological polar surface area (TPSA) is 90.0 Å². The normalized spacial score (nSPS) is 20.1. The Morgan fingerprint density at radius 2 is 1.96 bits per heavy atom. The number of benzene rings is 1. The molecule has 1 aliphatic carbocycles. The fourth-order valence-corrected chi connectivity index (χ4v) is 3.60. The van der Waals surface area contributed by atoms with Gasteiger partial charge in [0, 0.05) is 18.5 Å². The van der Waals surface area contributed by atoms with Crippen molar-refractivity contribution < 1.29 is 4.79 Å². The van der Waals surface area contributed by atoms with Crippen molar-refractivity contribution in [1.82, 2.24) is 15.1 Å². The summed E-state index contributed by atoms with van der Waals surface area (Å²) in [5, 5.41) is 8.75. The lowest BCUT2D eigenvalue weighted by atomic mass is 9.84. The molecule has 1 amide bonds. The molecule has 0 aliphatic heterocycles. The molecular formula is C18H25ClN4O2. The first-order valence-corrected chi connectivity index (χ1v) is 8.54. The molecule has 6 nitrogen and oxygen atoms in total. The minimum absolute atomic E-state index is 0. The van der Waals surface area contributed by atoms with Crippen LogP contribution in [0, 0.1) is 5.92 Å². The maximum Gasteiger partial charge on any atom is 0.274 e. The van der Waals surface area contributed by atoms with E-state index < -0.39 is 0 Å². The summed E-state index contributed by atoms with van der Waals surface area (Å²) < 4.78 is 1.30. The smallest absolute Gasteiger partial charge is 0.274 e. The van der Waals surface area contributed by atoms with E-state index >= 15 is 0 Å². The van der Waals surface area contributed by atoms with Gasteiger partial charge in [-0.2, -0.15) is 5.10 Å². The van der Waals surface area contributed by atoms with Crippen molar-refractivity contribution in [1.29, 1.82) is 0 Å². The van der Waals surface area contributed by atoms with Crippen molar-refractivity contribution >= 4 is 29.1 Å². The number of nitrogens with one attached hydrogen (secondary N) is 1. The molecule has 1 fully saturated rings. The van der Waals surface area contributed by atoms with E-state index in [0.29, 0.717) is 23.5 Å². The van der Waals surface area contributed by atoms with E-state index in [4.69, 9.17) is 5.73 Å². The van der Waals surface area contributed by atoms with E-state index in [-0.39, 0.29) is 36.3 Å². The average molecular weight is 365 g/mol. The van der Waals surface area contributed by atoms with Gasteiger partial charge in [-0.15, -0.1) is 12.4 Å². The summed E-state index contributed by atoms with van der Waals surface area (Å²) in [5.74, 6) is 0.296. The number of hydrogen-bond acceptors (Lipinski definition) is 4. The van der Waals surface area contributed by atoms with Gasteiger partial charge in [-0.3, -0.25) is 9.59 Å². The molecule has 1 aliphatic rings. The lowest BCUT2D eigenvalue weighted by Crippen LogP contribution is -2.45.